The van der Waals surface area contributed by atoms with Crippen LogP contribution in [0.5, 0.6) is 0 Å². The molecule has 0 spiro atoms. The molecule has 0 aromatic heterocycles. The van der Waals surface area contributed by atoms with E-state index in [1.807, 2.05) is 113 Å². The number of benzene rings is 4. The number of aliphatic hydroxyl groups is 1. The molecule has 1 saturated heterocycles. The Morgan fingerprint density at radius 1 is 0.458 bits per heavy atom. The Morgan fingerprint density at radius 3 is 1.12 bits per heavy atom. The van der Waals surface area contributed by atoms with E-state index in [0.717, 1.165) is 51.2 Å². The van der Waals surface area contributed by atoms with Crippen LogP contribution < -0.4 is 5.46 Å². The van der Waals surface area contributed by atoms with E-state index in [4.69, 9.17) is 9.31 Å². The third-order valence-corrected chi connectivity index (χ3v) is 15.5. The van der Waals surface area contributed by atoms with Crippen LogP contribution >= 0.6 is 63.7 Å². The van der Waals surface area contributed by atoms with Crippen LogP contribution in [0.15, 0.2) is 127 Å². The second kappa shape index (κ2) is 25.9. The van der Waals surface area contributed by atoms with Crippen LogP contribution in [0.2, 0.25) is 0 Å². The van der Waals surface area contributed by atoms with Gasteiger partial charge in [0, 0.05) is 82.1 Å². The van der Waals surface area contributed by atoms with Gasteiger partial charge in [0.05, 0.1) is 16.8 Å². The Bertz CT molecular complexity index is 2370. The Labute approximate surface area is 453 Å². The predicted molar refractivity (Wildman–Crippen MR) is 288 cm³/mol. The van der Waals surface area contributed by atoms with Gasteiger partial charge in [-0.05, 0) is 135 Å². The largest absolute Gasteiger partial charge is 0.494 e. The summed E-state index contributed by atoms with van der Waals surface area (Å²) in [5, 5.41) is 10.3. The van der Waals surface area contributed by atoms with Crippen LogP contribution in [0.3, 0.4) is 0 Å². The quantitative estimate of drug-likeness (QED) is 0.126. The van der Waals surface area contributed by atoms with Crippen molar-refractivity contribution in [3.63, 3.8) is 0 Å². The van der Waals surface area contributed by atoms with E-state index >= 15 is 0 Å². The molecule has 9 rings (SSSR count). The summed E-state index contributed by atoms with van der Waals surface area (Å²) in [5.74, 6) is -10.2. The van der Waals surface area contributed by atoms with Crippen molar-refractivity contribution in [1.82, 2.24) is 0 Å². The summed E-state index contributed by atoms with van der Waals surface area (Å²) in [7, 11) is -0.390. The molecule has 4 aliphatic carbocycles. The predicted octanol–water partition coefficient (Wildman–Crippen LogP) is 18.1. The van der Waals surface area contributed by atoms with Crippen molar-refractivity contribution >= 4 is 93.2 Å². The number of hydrogen-bond acceptors (Lipinski definition) is 4. The third kappa shape index (κ3) is 19.2. The number of carbonyl (C=O) groups is 1. The van der Waals surface area contributed by atoms with Gasteiger partial charge >= 0.3 is 7.12 Å². The fourth-order valence-electron chi connectivity index (χ4n) is 8.01. The van der Waals surface area contributed by atoms with E-state index in [-0.39, 0.29) is 101 Å². The maximum Gasteiger partial charge on any atom is 0.494 e. The van der Waals surface area contributed by atoms with Gasteiger partial charge in [-0.2, -0.15) is 0 Å². The minimum Gasteiger partial charge on any atom is -0.399 e. The van der Waals surface area contributed by atoms with Gasteiger partial charge in [-0.25, -0.2) is 35.1 Å². The molecule has 5 aliphatic rings. The topological polar surface area (TPSA) is 55.8 Å². The maximum absolute atomic E-state index is 13.2. The number of ketones is 1. The summed E-state index contributed by atoms with van der Waals surface area (Å²) in [5.41, 5.74) is 3.95. The van der Waals surface area contributed by atoms with Gasteiger partial charge in [0.15, 0.2) is 0 Å². The normalized spacial score (nSPS) is 21.6. The summed E-state index contributed by atoms with van der Waals surface area (Å²) in [6.07, 6.45) is 3.23. The number of halogens is 12. The van der Waals surface area contributed by atoms with E-state index in [1.165, 1.54) is 0 Å². The van der Waals surface area contributed by atoms with Gasteiger partial charge in [-0.15, -0.1) is 0 Å². The lowest BCUT2D eigenvalue weighted by molar-refractivity contribution is -0.128. The molecule has 1 heterocycles. The minimum atomic E-state index is -2.61. The van der Waals surface area contributed by atoms with Crippen LogP contribution in [-0.4, -0.2) is 52.9 Å². The first kappa shape index (κ1) is 61.9. The van der Waals surface area contributed by atoms with E-state index < -0.39 is 36.4 Å². The highest BCUT2D eigenvalue weighted by atomic mass is 79.9. The molecular weight excluding hydrogens is 1210 g/mol. The lowest BCUT2D eigenvalue weighted by Crippen LogP contribution is -2.41. The summed E-state index contributed by atoms with van der Waals surface area (Å²) in [4.78, 5) is 10.4. The van der Waals surface area contributed by atoms with Gasteiger partial charge in [0.25, 0.3) is 11.8 Å². The number of allylic oxidation sites excluding steroid dienone is 4. The molecule has 0 amide bonds. The van der Waals surface area contributed by atoms with Crippen molar-refractivity contribution in [2.45, 2.75) is 158 Å². The standard InChI is InChI=1S/C18H23BF2O2.C12H13BrF2O.C12H11BrF2.C6H4Br2.C6H8F2O.CH3/c1-16(2)17(3,4)23-19(22-16)15-7-5-13(6-8-15)14-9-11-18(20,21)12-10-14;13-10-3-1-9(2-4-10)11(16)5-7-12(14,15)8-6-11;13-11-3-1-9(2-4-11)10-5-7-12(14,15)8-6-10;7-5-1-2-6(8)4-3-5;7-6(8)3-1-5(9)2-4-6;/h5-9H,10-12H2,1-4H3;1-4,16H,5-8H2;1-5H,6-8H2;1-4H;1-4H2;1H3/q;;;;;-1. The molecule has 4 nitrogen and oxygen atoms in total. The molecule has 0 atom stereocenters. The summed E-state index contributed by atoms with van der Waals surface area (Å²) >= 11 is 13.3. The number of alkyl halides is 8. The van der Waals surface area contributed by atoms with E-state index in [0.29, 0.717) is 12.8 Å². The average Bonchev–Trinajstić information content (AvgIpc) is 3.54. The van der Waals surface area contributed by atoms with Gasteiger partial charge in [-0.3, -0.25) is 4.79 Å². The molecule has 1 N–H and O–H groups in total. The Hall–Kier alpha value is -2.67. The molecule has 0 bridgehead atoms. The van der Waals surface area contributed by atoms with Gasteiger partial charge in [0.1, 0.15) is 5.78 Å². The van der Waals surface area contributed by atoms with Gasteiger partial charge in [-0.1, -0.05) is 124 Å². The number of carbonyl (C=O) groups excluding carboxylic acids is 1. The minimum absolute atomic E-state index is 0. The molecule has 1 aliphatic heterocycles. The molecule has 4 aromatic carbocycles. The number of hydrogen-bond donors (Lipinski definition) is 1. The first-order chi connectivity index (χ1) is 33.0. The lowest BCUT2D eigenvalue weighted by Gasteiger charge is -2.36. The first-order valence-corrected chi connectivity index (χ1v) is 26.7. The summed E-state index contributed by atoms with van der Waals surface area (Å²) in [6.45, 7) is 8.09. The average molecular weight is 1270 g/mol. The van der Waals surface area contributed by atoms with Gasteiger partial charge < -0.3 is 21.8 Å². The number of rotatable bonds is 4. The Balaban J connectivity index is 0.000000204. The zero-order valence-corrected chi connectivity index (χ0v) is 47.4. The third-order valence-electron chi connectivity index (χ3n) is 13.4. The molecule has 72 heavy (non-hydrogen) atoms. The maximum atomic E-state index is 13.2. The fraction of sp³-hybridized carbons (Fsp3) is 0.455. The lowest BCUT2D eigenvalue weighted by atomic mass is 9.78. The van der Waals surface area contributed by atoms with Crippen molar-refractivity contribution in [3.05, 3.63) is 151 Å². The molecule has 2 saturated carbocycles. The van der Waals surface area contributed by atoms with Crippen molar-refractivity contribution < 1.29 is 54.3 Å². The molecule has 0 radical (unpaired) electrons. The highest BCUT2D eigenvalue weighted by Crippen LogP contribution is 2.44. The second-order valence-corrected chi connectivity index (χ2v) is 23.2. The van der Waals surface area contributed by atoms with Crippen molar-refractivity contribution in [1.29, 1.82) is 0 Å². The molecule has 17 heteroatoms. The van der Waals surface area contributed by atoms with Crippen LogP contribution in [0, 0.1) is 7.43 Å². The highest BCUT2D eigenvalue weighted by molar-refractivity contribution is 9.11. The molecule has 0 unspecified atom stereocenters. The van der Waals surface area contributed by atoms with E-state index in [1.54, 1.807) is 24.3 Å². The van der Waals surface area contributed by atoms with E-state index in [9.17, 15) is 45.0 Å². The van der Waals surface area contributed by atoms with Crippen LogP contribution in [0.4, 0.5) is 35.1 Å². The zero-order valence-electron chi connectivity index (χ0n) is 41.1. The summed E-state index contributed by atoms with van der Waals surface area (Å²) < 4.78 is 119. The zero-order chi connectivity index (χ0) is 52.5. The second-order valence-electron chi connectivity index (χ2n) is 19.5. The van der Waals surface area contributed by atoms with Crippen LogP contribution in [0.25, 0.3) is 11.1 Å². The van der Waals surface area contributed by atoms with E-state index in [2.05, 4.69) is 63.7 Å². The molecule has 394 valence electrons. The van der Waals surface area contributed by atoms with Crippen molar-refractivity contribution in [3.8, 4) is 0 Å². The fourth-order valence-corrected chi connectivity index (χ4v) is 9.07. The monoisotopic (exact) mass is 1270 g/mol. The van der Waals surface area contributed by atoms with Crippen molar-refractivity contribution in [2.75, 3.05) is 0 Å². The van der Waals surface area contributed by atoms with Crippen molar-refractivity contribution in [2.24, 2.45) is 0 Å². The Morgan fingerprint density at radius 2 is 0.778 bits per heavy atom. The summed E-state index contributed by atoms with van der Waals surface area (Å²) in [6, 6.07) is 30.8. The SMILES string of the molecule is Brc1ccc(Br)cc1.CC1(C)OB(c2ccc(C3=CCC(F)(F)CC3)cc2)OC1(C)C.FC1(F)CC=C(c2ccc(Br)cc2)CC1.O=C1CCC(F)(F)CC1.OC1(c2ccc(Br)cc2)CCC(F)(F)CC1.[CH3-]. The molecule has 4 aromatic rings. The first-order valence-electron chi connectivity index (χ1n) is 23.5. The van der Waals surface area contributed by atoms with Gasteiger partial charge in [0.2, 0.25) is 11.8 Å². The highest BCUT2D eigenvalue weighted by Gasteiger charge is 2.51. The Kier molecular flexibility index (Phi) is 22.3. The molecule has 3 fully saturated rings. The number of Topliss-reactive ketones (excluding diaryl/α,β-unsaturated/α-hetero) is 1. The van der Waals surface area contributed by atoms with Crippen LogP contribution in [-0.2, 0) is 19.7 Å². The molecular formula is C55H62BBr4F8O4-. The van der Waals surface area contributed by atoms with Crippen LogP contribution in [0.1, 0.15) is 134 Å². The smallest absolute Gasteiger partial charge is 0.399 e.